The van der Waals surface area contributed by atoms with E-state index in [9.17, 15) is 20.0 Å². The van der Waals surface area contributed by atoms with Gasteiger partial charge in [0.05, 0.1) is 4.92 Å². The van der Waals surface area contributed by atoms with Crippen LogP contribution in [0.15, 0.2) is 42.5 Å². The normalized spacial score (nSPS) is 10.0. The number of carbonyl (C=O) groups is 1. The molecule has 0 aliphatic heterocycles. The van der Waals surface area contributed by atoms with Crippen LogP contribution in [0.25, 0.3) is 0 Å². The van der Waals surface area contributed by atoms with E-state index in [-0.39, 0.29) is 28.5 Å². The Hall–Kier alpha value is -3.09. The molecular weight excluding hydrogens is 264 g/mol. The first-order valence-corrected chi connectivity index (χ1v) is 5.52. The Kier molecular flexibility index (Phi) is 3.52. The summed E-state index contributed by atoms with van der Waals surface area (Å²) in [7, 11) is 0. The molecule has 0 fully saturated rings. The summed E-state index contributed by atoms with van der Waals surface area (Å²) in [4.78, 5) is 21.4. The molecule has 2 rings (SSSR count). The minimum absolute atomic E-state index is 0.0452. The van der Waals surface area contributed by atoms with Crippen molar-refractivity contribution in [3.05, 3.63) is 58.1 Å². The summed E-state index contributed by atoms with van der Waals surface area (Å²) in [6, 6.07) is 9.33. The number of nitro benzene ring substituents is 1. The molecule has 0 bridgehead atoms. The number of hydrogen-bond acceptors (Lipinski definition) is 5. The van der Waals surface area contributed by atoms with Gasteiger partial charge >= 0.3 is 5.69 Å². The van der Waals surface area contributed by atoms with E-state index >= 15 is 0 Å². The Morgan fingerprint density at radius 2 is 2.00 bits per heavy atom. The fourth-order valence-electron chi connectivity index (χ4n) is 1.57. The maximum absolute atomic E-state index is 11.1. The molecule has 0 aromatic heterocycles. The fourth-order valence-corrected chi connectivity index (χ4v) is 1.57. The number of rotatable bonds is 4. The van der Waals surface area contributed by atoms with Crippen molar-refractivity contribution in [1.82, 2.24) is 0 Å². The molecule has 0 radical (unpaired) electrons. The summed E-state index contributed by atoms with van der Waals surface area (Å²) in [5.41, 5.74) is 4.90. The van der Waals surface area contributed by atoms with Gasteiger partial charge < -0.3 is 15.6 Å². The molecule has 2 aromatic carbocycles. The second-order valence-electron chi connectivity index (χ2n) is 3.90. The number of primary amides is 1. The van der Waals surface area contributed by atoms with Gasteiger partial charge in [-0.2, -0.15) is 0 Å². The zero-order valence-electron chi connectivity index (χ0n) is 10.1. The lowest BCUT2D eigenvalue weighted by Crippen LogP contribution is -2.11. The van der Waals surface area contributed by atoms with E-state index in [4.69, 9.17) is 10.5 Å². The van der Waals surface area contributed by atoms with Crippen molar-refractivity contribution >= 4 is 11.6 Å². The second-order valence-corrected chi connectivity index (χ2v) is 3.90. The Balaban J connectivity index is 2.44. The summed E-state index contributed by atoms with van der Waals surface area (Å²) in [6.45, 7) is 0. The highest BCUT2D eigenvalue weighted by Gasteiger charge is 2.18. The van der Waals surface area contributed by atoms with E-state index in [1.165, 1.54) is 36.4 Å². The number of benzene rings is 2. The van der Waals surface area contributed by atoms with Crippen LogP contribution >= 0.6 is 0 Å². The van der Waals surface area contributed by atoms with Crippen LogP contribution in [0.1, 0.15) is 10.4 Å². The smallest absolute Gasteiger partial charge is 0.311 e. The van der Waals surface area contributed by atoms with Gasteiger partial charge in [0.2, 0.25) is 11.7 Å². The predicted molar refractivity (Wildman–Crippen MR) is 69.8 cm³/mol. The summed E-state index contributed by atoms with van der Waals surface area (Å²) in [5.74, 6) is -0.691. The largest absolute Gasteiger partial charge is 0.508 e. The Morgan fingerprint density at radius 3 is 2.60 bits per heavy atom. The fraction of sp³-hybridized carbons (Fsp3) is 0. The zero-order chi connectivity index (χ0) is 14.7. The van der Waals surface area contributed by atoms with Crippen LogP contribution in [0, 0.1) is 10.1 Å². The molecule has 2 aromatic rings. The third kappa shape index (κ3) is 2.83. The number of nitrogens with zero attached hydrogens (tertiary/aromatic N) is 1. The molecule has 0 atom stereocenters. The molecular formula is C13H10N2O5. The van der Waals surface area contributed by atoms with Crippen LogP contribution in [0.5, 0.6) is 17.2 Å². The molecule has 0 heterocycles. The lowest BCUT2D eigenvalue weighted by atomic mass is 10.2. The highest BCUT2D eigenvalue weighted by Crippen LogP contribution is 2.33. The number of phenolic OH excluding ortho intramolecular Hbond substituents is 1. The van der Waals surface area contributed by atoms with Crippen LogP contribution in [0.4, 0.5) is 5.69 Å². The highest BCUT2D eigenvalue weighted by molar-refractivity contribution is 5.93. The Labute approximate surface area is 113 Å². The molecule has 0 aliphatic carbocycles. The number of ether oxygens (including phenoxy) is 1. The molecule has 0 unspecified atom stereocenters. The van der Waals surface area contributed by atoms with Gasteiger partial charge in [0.15, 0.2) is 0 Å². The van der Waals surface area contributed by atoms with Gasteiger partial charge in [-0.1, -0.05) is 6.07 Å². The molecule has 0 aliphatic rings. The molecule has 20 heavy (non-hydrogen) atoms. The number of nitrogens with two attached hydrogens (primary N) is 1. The van der Waals surface area contributed by atoms with E-state index in [1.807, 2.05) is 0 Å². The molecule has 1 amide bonds. The van der Waals surface area contributed by atoms with Crippen molar-refractivity contribution < 1.29 is 19.6 Å². The van der Waals surface area contributed by atoms with Crippen molar-refractivity contribution in [2.75, 3.05) is 0 Å². The van der Waals surface area contributed by atoms with Crippen molar-refractivity contribution in [3.8, 4) is 17.2 Å². The molecule has 0 saturated heterocycles. The third-order valence-corrected chi connectivity index (χ3v) is 2.49. The van der Waals surface area contributed by atoms with Gasteiger partial charge in [0, 0.05) is 23.8 Å². The van der Waals surface area contributed by atoms with E-state index in [0.717, 1.165) is 6.07 Å². The molecule has 0 spiro atoms. The van der Waals surface area contributed by atoms with Crippen LogP contribution < -0.4 is 10.5 Å². The van der Waals surface area contributed by atoms with E-state index in [2.05, 4.69) is 0 Å². The number of carbonyl (C=O) groups excluding carboxylic acids is 1. The summed E-state index contributed by atoms with van der Waals surface area (Å²) in [6.07, 6.45) is 0. The minimum atomic E-state index is -0.722. The number of aromatic hydroxyl groups is 1. The van der Waals surface area contributed by atoms with Crippen LogP contribution in [0.3, 0.4) is 0 Å². The van der Waals surface area contributed by atoms with Crippen molar-refractivity contribution in [2.45, 2.75) is 0 Å². The maximum Gasteiger partial charge on any atom is 0.311 e. The van der Waals surface area contributed by atoms with Crippen molar-refractivity contribution in [1.29, 1.82) is 0 Å². The topological polar surface area (TPSA) is 116 Å². The number of amides is 1. The first-order valence-electron chi connectivity index (χ1n) is 5.52. The third-order valence-electron chi connectivity index (χ3n) is 2.49. The summed E-state index contributed by atoms with van der Waals surface area (Å²) >= 11 is 0. The van der Waals surface area contributed by atoms with Gasteiger partial charge in [-0.15, -0.1) is 0 Å². The van der Waals surface area contributed by atoms with Gasteiger partial charge in [-0.25, -0.2) is 0 Å². The predicted octanol–water partition coefficient (Wildman–Crippen LogP) is 2.19. The molecule has 3 N–H and O–H groups in total. The number of phenols is 1. The molecule has 7 heteroatoms. The van der Waals surface area contributed by atoms with Crippen LogP contribution in [-0.4, -0.2) is 15.9 Å². The van der Waals surface area contributed by atoms with Crippen LogP contribution in [-0.2, 0) is 0 Å². The molecule has 7 nitrogen and oxygen atoms in total. The van der Waals surface area contributed by atoms with E-state index in [1.54, 1.807) is 0 Å². The van der Waals surface area contributed by atoms with E-state index < -0.39 is 10.8 Å². The first-order chi connectivity index (χ1) is 9.47. The zero-order valence-corrected chi connectivity index (χ0v) is 10.1. The quantitative estimate of drug-likeness (QED) is 0.654. The van der Waals surface area contributed by atoms with Gasteiger partial charge in [0.25, 0.3) is 0 Å². The summed E-state index contributed by atoms with van der Waals surface area (Å²) < 4.78 is 5.33. The molecule has 102 valence electrons. The highest BCUT2D eigenvalue weighted by atomic mass is 16.6. The molecule has 0 saturated carbocycles. The Bertz CT molecular complexity index is 684. The SMILES string of the molecule is NC(=O)c1ccc([N+](=O)[O-])c(Oc2cccc(O)c2)c1. The van der Waals surface area contributed by atoms with E-state index in [0.29, 0.717) is 0 Å². The average Bonchev–Trinajstić information content (AvgIpc) is 2.38. The second kappa shape index (κ2) is 5.27. The Morgan fingerprint density at radius 1 is 1.25 bits per heavy atom. The standard InChI is InChI=1S/C13H10N2O5/c14-13(17)8-4-5-11(15(18)19)12(6-8)20-10-3-1-2-9(16)7-10/h1-7,16H,(H2,14,17). The monoisotopic (exact) mass is 274 g/mol. The van der Waals surface area contributed by atoms with Gasteiger partial charge in [0.1, 0.15) is 11.5 Å². The van der Waals surface area contributed by atoms with Crippen molar-refractivity contribution in [3.63, 3.8) is 0 Å². The van der Waals surface area contributed by atoms with Gasteiger partial charge in [-0.05, 0) is 18.2 Å². The number of hydrogen-bond donors (Lipinski definition) is 2. The first kappa shape index (κ1) is 13.3. The lowest BCUT2D eigenvalue weighted by Gasteiger charge is -2.07. The van der Waals surface area contributed by atoms with Crippen LogP contribution in [0.2, 0.25) is 0 Å². The number of nitro groups is 1. The maximum atomic E-state index is 11.1. The summed E-state index contributed by atoms with van der Waals surface area (Å²) in [5, 5.41) is 20.2. The van der Waals surface area contributed by atoms with Crippen molar-refractivity contribution in [2.24, 2.45) is 5.73 Å². The lowest BCUT2D eigenvalue weighted by molar-refractivity contribution is -0.385. The minimum Gasteiger partial charge on any atom is -0.508 e. The van der Waals surface area contributed by atoms with Gasteiger partial charge in [-0.3, -0.25) is 14.9 Å². The average molecular weight is 274 g/mol.